The van der Waals surface area contributed by atoms with Crippen molar-refractivity contribution in [1.29, 1.82) is 0 Å². The van der Waals surface area contributed by atoms with Crippen molar-refractivity contribution in [3.8, 4) is 0 Å². The van der Waals surface area contributed by atoms with Crippen LogP contribution in [0.4, 0.5) is 0 Å². The lowest BCUT2D eigenvalue weighted by Gasteiger charge is -1.92. The molecule has 6 nitrogen and oxygen atoms in total. The van der Waals surface area contributed by atoms with Crippen LogP contribution in [-0.4, -0.2) is 30.7 Å². The molecule has 6 heteroatoms. The highest BCUT2D eigenvalue weighted by atomic mass is 16.4. The van der Waals surface area contributed by atoms with Crippen molar-refractivity contribution in [3.05, 3.63) is 24.3 Å². The molecule has 0 bridgehead atoms. The Bertz CT molecular complexity index is 436. The van der Waals surface area contributed by atoms with E-state index in [0.717, 1.165) is 0 Å². The van der Waals surface area contributed by atoms with Crippen LogP contribution in [0, 0.1) is 0 Å². The molecule has 0 fully saturated rings. The molecule has 0 unspecified atom stereocenters. The van der Waals surface area contributed by atoms with E-state index in [0.29, 0.717) is 0 Å². The molecule has 0 spiro atoms. The van der Waals surface area contributed by atoms with Crippen LogP contribution in [0.2, 0.25) is 0 Å². The highest BCUT2D eigenvalue weighted by Crippen LogP contribution is 1.97. The van der Waals surface area contributed by atoms with Gasteiger partial charge in [0, 0.05) is 6.20 Å². The average molecular weight is 164 g/mol. The minimum Gasteiger partial charge on any atom is -0.477 e. The lowest BCUT2D eigenvalue weighted by atomic mass is 10.4. The van der Waals surface area contributed by atoms with Crippen LogP contribution in [0.15, 0.2) is 18.6 Å². The molecule has 0 aliphatic carbocycles. The SMILES string of the molecule is O=C(O)c1ccn2ncnc2n1. The first-order chi connectivity index (χ1) is 5.77. The smallest absolute Gasteiger partial charge is 0.354 e. The Morgan fingerprint density at radius 3 is 3.17 bits per heavy atom. The van der Waals surface area contributed by atoms with Crippen molar-refractivity contribution in [2.45, 2.75) is 0 Å². The minimum atomic E-state index is -1.07. The lowest BCUT2D eigenvalue weighted by molar-refractivity contribution is 0.0690. The van der Waals surface area contributed by atoms with Crippen molar-refractivity contribution >= 4 is 11.7 Å². The second-order valence-corrected chi connectivity index (χ2v) is 2.12. The van der Waals surface area contributed by atoms with E-state index in [-0.39, 0.29) is 11.5 Å². The summed E-state index contributed by atoms with van der Waals surface area (Å²) in [6, 6.07) is 1.37. The van der Waals surface area contributed by atoms with E-state index in [1.165, 1.54) is 23.1 Å². The van der Waals surface area contributed by atoms with Crippen LogP contribution in [-0.2, 0) is 0 Å². The average Bonchev–Trinajstić information content (AvgIpc) is 2.49. The van der Waals surface area contributed by atoms with Gasteiger partial charge in [0.1, 0.15) is 6.33 Å². The summed E-state index contributed by atoms with van der Waals surface area (Å²) < 4.78 is 1.40. The third-order valence-corrected chi connectivity index (χ3v) is 1.37. The molecule has 0 amide bonds. The highest BCUT2D eigenvalue weighted by Gasteiger charge is 2.05. The van der Waals surface area contributed by atoms with Gasteiger partial charge in [-0.1, -0.05) is 0 Å². The fraction of sp³-hybridized carbons (Fsp3) is 0. The van der Waals surface area contributed by atoms with Crippen molar-refractivity contribution in [2.75, 3.05) is 0 Å². The van der Waals surface area contributed by atoms with Gasteiger partial charge in [-0.15, -0.1) is 0 Å². The van der Waals surface area contributed by atoms with Crippen molar-refractivity contribution < 1.29 is 9.90 Å². The van der Waals surface area contributed by atoms with Gasteiger partial charge in [0.25, 0.3) is 5.78 Å². The van der Waals surface area contributed by atoms with E-state index < -0.39 is 5.97 Å². The molecule has 1 N–H and O–H groups in total. The van der Waals surface area contributed by atoms with Crippen molar-refractivity contribution in [1.82, 2.24) is 19.6 Å². The standard InChI is InChI=1S/C6H4N4O2/c11-5(12)4-1-2-10-6(9-4)7-3-8-10/h1-3H,(H,11,12). The zero-order valence-corrected chi connectivity index (χ0v) is 5.88. The molecule has 0 aliphatic heterocycles. The highest BCUT2D eigenvalue weighted by molar-refractivity contribution is 5.85. The molecule has 0 atom stereocenters. The van der Waals surface area contributed by atoms with Gasteiger partial charge >= 0.3 is 5.97 Å². The zero-order chi connectivity index (χ0) is 8.55. The summed E-state index contributed by atoms with van der Waals surface area (Å²) in [5.74, 6) is -0.782. The molecule has 60 valence electrons. The van der Waals surface area contributed by atoms with Crippen molar-refractivity contribution in [2.24, 2.45) is 0 Å². The second kappa shape index (κ2) is 2.26. The second-order valence-electron chi connectivity index (χ2n) is 2.12. The Morgan fingerprint density at radius 1 is 1.58 bits per heavy atom. The molecule has 0 radical (unpaired) electrons. The lowest BCUT2D eigenvalue weighted by Crippen LogP contribution is -2.02. The van der Waals surface area contributed by atoms with Crippen LogP contribution < -0.4 is 0 Å². The normalized spacial score (nSPS) is 10.3. The van der Waals surface area contributed by atoms with Gasteiger partial charge in [0.15, 0.2) is 5.69 Å². The van der Waals surface area contributed by atoms with E-state index in [9.17, 15) is 4.79 Å². The van der Waals surface area contributed by atoms with Crippen molar-refractivity contribution in [3.63, 3.8) is 0 Å². The van der Waals surface area contributed by atoms with Gasteiger partial charge in [-0.25, -0.2) is 14.3 Å². The third kappa shape index (κ3) is 0.895. The number of carboxylic acids is 1. The van der Waals surface area contributed by atoms with Crippen LogP contribution in [0.3, 0.4) is 0 Å². The maximum atomic E-state index is 10.4. The van der Waals surface area contributed by atoms with E-state index in [1.54, 1.807) is 0 Å². The number of aromatic carboxylic acids is 1. The molecule has 2 rings (SSSR count). The van der Waals surface area contributed by atoms with Gasteiger partial charge < -0.3 is 5.11 Å². The summed E-state index contributed by atoms with van der Waals surface area (Å²) in [6.45, 7) is 0. The topological polar surface area (TPSA) is 80.4 Å². The summed E-state index contributed by atoms with van der Waals surface area (Å²) in [5, 5.41) is 12.3. The van der Waals surface area contributed by atoms with Crippen LogP contribution in [0.1, 0.15) is 10.5 Å². The zero-order valence-electron chi connectivity index (χ0n) is 5.88. The van der Waals surface area contributed by atoms with Gasteiger partial charge in [-0.05, 0) is 6.07 Å². The summed E-state index contributed by atoms with van der Waals surface area (Å²) in [7, 11) is 0. The Labute approximate surface area is 66.5 Å². The molecule has 0 saturated carbocycles. The summed E-state index contributed by atoms with van der Waals surface area (Å²) in [5.41, 5.74) is -0.0319. The van der Waals surface area contributed by atoms with Crippen LogP contribution >= 0.6 is 0 Å². The summed E-state index contributed by atoms with van der Waals surface area (Å²) >= 11 is 0. The minimum absolute atomic E-state index is 0.0319. The monoisotopic (exact) mass is 164 g/mol. The van der Waals surface area contributed by atoms with E-state index >= 15 is 0 Å². The number of aromatic nitrogens is 4. The first kappa shape index (κ1) is 6.71. The number of fused-ring (bicyclic) bond motifs is 1. The predicted molar refractivity (Wildman–Crippen MR) is 37.7 cm³/mol. The van der Waals surface area contributed by atoms with Gasteiger partial charge in [0.05, 0.1) is 0 Å². The molecule has 2 aromatic heterocycles. The number of carbonyl (C=O) groups is 1. The maximum Gasteiger partial charge on any atom is 0.354 e. The molecular formula is C6H4N4O2. The van der Waals surface area contributed by atoms with Gasteiger partial charge in [-0.3, -0.25) is 0 Å². The predicted octanol–water partition coefficient (Wildman–Crippen LogP) is -0.177. The Kier molecular flexibility index (Phi) is 1.26. The molecule has 2 heterocycles. The quantitative estimate of drug-likeness (QED) is 0.632. The van der Waals surface area contributed by atoms with Gasteiger partial charge in [0.2, 0.25) is 0 Å². The number of nitrogens with zero attached hydrogens (tertiary/aromatic N) is 4. The first-order valence-electron chi connectivity index (χ1n) is 3.17. The van der Waals surface area contributed by atoms with Crippen LogP contribution in [0.5, 0.6) is 0 Å². The number of hydrogen-bond acceptors (Lipinski definition) is 4. The molecule has 0 aromatic carbocycles. The van der Waals surface area contributed by atoms with E-state index in [1.807, 2.05) is 0 Å². The molecule has 0 aliphatic rings. The fourth-order valence-electron chi connectivity index (χ4n) is 0.834. The third-order valence-electron chi connectivity index (χ3n) is 1.37. The summed E-state index contributed by atoms with van der Waals surface area (Å²) in [4.78, 5) is 17.9. The molecule has 2 aromatic rings. The Balaban J connectivity index is 2.68. The van der Waals surface area contributed by atoms with Crippen LogP contribution in [0.25, 0.3) is 5.78 Å². The Hall–Kier alpha value is -1.98. The number of carboxylic acid groups (broad SMARTS) is 1. The first-order valence-corrected chi connectivity index (χ1v) is 3.17. The molecule has 0 saturated heterocycles. The molecule has 12 heavy (non-hydrogen) atoms. The Morgan fingerprint density at radius 2 is 2.42 bits per heavy atom. The van der Waals surface area contributed by atoms with E-state index in [2.05, 4.69) is 15.1 Å². The largest absolute Gasteiger partial charge is 0.477 e. The van der Waals surface area contributed by atoms with E-state index in [4.69, 9.17) is 5.11 Å². The number of hydrogen-bond donors (Lipinski definition) is 1. The van der Waals surface area contributed by atoms with Gasteiger partial charge in [-0.2, -0.15) is 10.1 Å². The fourth-order valence-corrected chi connectivity index (χ4v) is 0.834. The summed E-state index contributed by atoms with van der Waals surface area (Å²) in [6.07, 6.45) is 2.81. The number of rotatable bonds is 1. The maximum absolute atomic E-state index is 10.4. The molecular weight excluding hydrogens is 160 g/mol.